The van der Waals surface area contributed by atoms with Gasteiger partial charge >= 0.3 is 0 Å². The fraction of sp³-hybridized carbons (Fsp3) is 0.667. The highest BCUT2D eigenvalue weighted by Gasteiger charge is 2.28. The Bertz CT molecular complexity index is 953. The zero-order chi connectivity index (χ0) is 24.9. The van der Waals surface area contributed by atoms with Gasteiger partial charge in [-0.3, -0.25) is 19.4 Å². The Kier molecular flexibility index (Phi) is 8.72. The van der Waals surface area contributed by atoms with Crippen molar-refractivity contribution >= 4 is 27.5 Å². The number of benzene rings is 1. The third-order valence-corrected chi connectivity index (χ3v) is 8.17. The number of anilines is 1. The Labute approximate surface area is 203 Å². The number of carbonyl (C=O) groups is 2. The average Bonchev–Trinajstić information content (AvgIpc) is 3.21. The maximum absolute atomic E-state index is 12.9. The summed E-state index contributed by atoms with van der Waals surface area (Å²) in [6.45, 7) is 12.3. The van der Waals surface area contributed by atoms with Crippen LogP contribution in [0.1, 0.15) is 47.0 Å². The molecule has 0 saturated carbocycles. The molecule has 10 heteroatoms. The molecule has 2 aliphatic rings. The van der Waals surface area contributed by atoms with Crippen LogP contribution in [-0.4, -0.2) is 91.7 Å². The van der Waals surface area contributed by atoms with Crippen LogP contribution in [0.15, 0.2) is 29.2 Å². The molecule has 9 nitrogen and oxygen atoms in total. The summed E-state index contributed by atoms with van der Waals surface area (Å²) in [7, 11) is -3.47. The molecule has 34 heavy (non-hydrogen) atoms. The first-order chi connectivity index (χ1) is 16.0. The molecule has 0 aromatic heterocycles. The van der Waals surface area contributed by atoms with Gasteiger partial charge in [0.1, 0.15) is 0 Å². The second-order valence-electron chi connectivity index (χ2n) is 10.3. The zero-order valence-corrected chi connectivity index (χ0v) is 21.7. The highest BCUT2D eigenvalue weighted by Crippen LogP contribution is 2.22. The SMILES string of the molecule is CC(C(=O)Nc1ccc(S(=O)(=O)N2CCCC2)cc1)N1CCCN(CC(=O)NC(C)(C)C)CC1. The Hall–Kier alpha value is -2.01. The standard InChI is InChI=1S/C24H39N5O4S/c1-19(28-13-7-12-27(16-17-28)18-22(30)26-24(2,3)4)23(31)25-20-8-10-21(11-9-20)34(32,33)29-14-5-6-15-29/h8-11,19H,5-7,12-18H2,1-4H3,(H,25,31)(H,26,30). The van der Waals surface area contributed by atoms with Gasteiger partial charge in [-0.2, -0.15) is 4.31 Å². The van der Waals surface area contributed by atoms with E-state index in [1.54, 1.807) is 24.3 Å². The summed E-state index contributed by atoms with van der Waals surface area (Å²) >= 11 is 0. The van der Waals surface area contributed by atoms with Crippen molar-refractivity contribution in [1.82, 2.24) is 19.4 Å². The van der Waals surface area contributed by atoms with Crippen molar-refractivity contribution < 1.29 is 18.0 Å². The molecule has 190 valence electrons. The molecule has 0 aliphatic carbocycles. The predicted octanol–water partition coefficient (Wildman–Crippen LogP) is 1.72. The van der Waals surface area contributed by atoms with Crippen LogP contribution in [0.5, 0.6) is 0 Å². The Morgan fingerprint density at radius 2 is 1.59 bits per heavy atom. The maximum Gasteiger partial charge on any atom is 0.243 e. The van der Waals surface area contributed by atoms with Crippen LogP contribution in [0.3, 0.4) is 0 Å². The molecule has 3 rings (SSSR count). The molecule has 1 unspecified atom stereocenters. The van der Waals surface area contributed by atoms with Crippen LogP contribution >= 0.6 is 0 Å². The maximum atomic E-state index is 12.9. The summed E-state index contributed by atoms with van der Waals surface area (Å²) in [5.74, 6) is -0.115. The van der Waals surface area contributed by atoms with Crippen molar-refractivity contribution in [3.05, 3.63) is 24.3 Å². The van der Waals surface area contributed by atoms with Crippen LogP contribution in [0.4, 0.5) is 5.69 Å². The van der Waals surface area contributed by atoms with Crippen LogP contribution < -0.4 is 10.6 Å². The summed E-state index contributed by atoms with van der Waals surface area (Å²) in [5, 5.41) is 5.91. The van der Waals surface area contributed by atoms with E-state index in [4.69, 9.17) is 0 Å². The molecule has 2 aliphatic heterocycles. The Morgan fingerprint density at radius 3 is 2.21 bits per heavy atom. The lowest BCUT2D eigenvalue weighted by atomic mass is 10.1. The number of rotatable bonds is 7. The largest absolute Gasteiger partial charge is 0.350 e. The molecule has 0 spiro atoms. The summed E-state index contributed by atoms with van der Waals surface area (Å²) in [6, 6.07) is 6.06. The molecule has 2 heterocycles. The van der Waals surface area contributed by atoms with E-state index in [0.29, 0.717) is 31.9 Å². The average molecular weight is 494 g/mol. The lowest BCUT2D eigenvalue weighted by Gasteiger charge is -2.27. The molecule has 2 saturated heterocycles. The number of hydrogen-bond donors (Lipinski definition) is 2. The van der Waals surface area contributed by atoms with Gasteiger partial charge in [-0.25, -0.2) is 8.42 Å². The minimum absolute atomic E-state index is 0.0157. The monoisotopic (exact) mass is 493 g/mol. The summed E-state index contributed by atoms with van der Waals surface area (Å²) in [5.41, 5.74) is 0.325. The van der Waals surface area contributed by atoms with Gasteiger partial charge < -0.3 is 10.6 Å². The van der Waals surface area contributed by atoms with Gasteiger partial charge in [0.15, 0.2) is 0 Å². The number of nitrogens with one attached hydrogen (secondary N) is 2. The van der Waals surface area contributed by atoms with Gasteiger partial charge in [-0.15, -0.1) is 0 Å². The first-order valence-electron chi connectivity index (χ1n) is 12.1. The number of hydrogen-bond acceptors (Lipinski definition) is 6. The Balaban J connectivity index is 1.52. The quantitative estimate of drug-likeness (QED) is 0.600. The Morgan fingerprint density at radius 1 is 0.941 bits per heavy atom. The second-order valence-corrected chi connectivity index (χ2v) is 12.2. The molecular weight excluding hydrogens is 454 g/mol. The van der Waals surface area contributed by atoms with Crippen molar-refractivity contribution in [2.75, 3.05) is 51.1 Å². The van der Waals surface area contributed by atoms with Crippen LogP contribution in [-0.2, 0) is 19.6 Å². The smallest absolute Gasteiger partial charge is 0.243 e. The highest BCUT2D eigenvalue weighted by atomic mass is 32.2. The third-order valence-electron chi connectivity index (χ3n) is 6.26. The first-order valence-corrected chi connectivity index (χ1v) is 13.6. The molecule has 0 radical (unpaired) electrons. The lowest BCUT2D eigenvalue weighted by molar-refractivity contribution is -0.124. The molecule has 1 atom stereocenters. The molecule has 2 fully saturated rings. The van der Waals surface area contributed by atoms with E-state index in [2.05, 4.69) is 20.4 Å². The fourth-order valence-electron chi connectivity index (χ4n) is 4.40. The zero-order valence-electron chi connectivity index (χ0n) is 20.8. The van der Waals surface area contributed by atoms with E-state index in [1.807, 2.05) is 27.7 Å². The minimum atomic E-state index is -3.47. The number of sulfonamides is 1. The number of amides is 2. The third kappa shape index (κ3) is 7.24. The molecule has 2 N–H and O–H groups in total. The summed E-state index contributed by atoms with van der Waals surface area (Å²) < 4.78 is 26.9. The van der Waals surface area contributed by atoms with E-state index in [9.17, 15) is 18.0 Å². The van der Waals surface area contributed by atoms with Gasteiger partial charge in [0.2, 0.25) is 21.8 Å². The van der Waals surface area contributed by atoms with Crippen molar-refractivity contribution in [2.45, 2.75) is 63.4 Å². The fourth-order valence-corrected chi connectivity index (χ4v) is 5.91. The number of nitrogens with zero attached hydrogens (tertiary/aromatic N) is 3. The van der Waals surface area contributed by atoms with Crippen LogP contribution in [0, 0.1) is 0 Å². The van der Waals surface area contributed by atoms with Gasteiger partial charge in [0, 0.05) is 44.0 Å². The molecule has 2 amide bonds. The van der Waals surface area contributed by atoms with Crippen molar-refractivity contribution in [3.8, 4) is 0 Å². The first kappa shape index (κ1) is 26.6. The topological polar surface area (TPSA) is 102 Å². The lowest BCUT2D eigenvalue weighted by Crippen LogP contribution is -2.47. The van der Waals surface area contributed by atoms with Crippen molar-refractivity contribution in [2.24, 2.45) is 0 Å². The van der Waals surface area contributed by atoms with Gasteiger partial charge in [0.25, 0.3) is 0 Å². The van der Waals surface area contributed by atoms with Crippen molar-refractivity contribution in [3.63, 3.8) is 0 Å². The van der Waals surface area contributed by atoms with Crippen molar-refractivity contribution in [1.29, 1.82) is 0 Å². The highest BCUT2D eigenvalue weighted by molar-refractivity contribution is 7.89. The van der Waals surface area contributed by atoms with Gasteiger partial charge in [-0.1, -0.05) is 0 Å². The molecule has 1 aromatic carbocycles. The van der Waals surface area contributed by atoms with E-state index >= 15 is 0 Å². The van der Waals surface area contributed by atoms with E-state index in [0.717, 1.165) is 38.9 Å². The minimum Gasteiger partial charge on any atom is -0.350 e. The molecule has 1 aromatic rings. The summed E-state index contributed by atoms with van der Waals surface area (Å²) in [4.78, 5) is 29.6. The van der Waals surface area contributed by atoms with E-state index in [-0.39, 0.29) is 28.3 Å². The summed E-state index contributed by atoms with van der Waals surface area (Å²) in [6.07, 6.45) is 2.66. The van der Waals surface area contributed by atoms with Gasteiger partial charge in [0.05, 0.1) is 17.5 Å². The number of carbonyl (C=O) groups excluding carboxylic acids is 2. The predicted molar refractivity (Wildman–Crippen MR) is 133 cm³/mol. The van der Waals surface area contributed by atoms with Crippen LogP contribution in [0.25, 0.3) is 0 Å². The molecular formula is C24H39N5O4S. The second kappa shape index (κ2) is 11.2. The molecule has 0 bridgehead atoms. The van der Waals surface area contributed by atoms with E-state index in [1.165, 1.54) is 4.31 Å². The van der Waals surface area contributed by atoms with Gasteiger partial charge in [-0.05, 0) is 77.8 Å². The van der Waals surface area contributed by atoms with Crippen LogP contribution in [0.2, 0.25) is 0 Å². The van der Waals surface area contributed by atoms with E-state index < -0.39 is 10.0 Å². The normalized spacial score (nSPS) is 20.0.